The summed E-state index contributed by atoms with van der Waals surface area (Å²) in [5.41, 5.74) is 3.51. The average Bonchev–Trinajstić information content (AvgIpc) is 2.28. The minimum atomic E-state index is 0.532. The fraction of sp³-hybridized carbons (Fsp3) is 0.300. The zero-order chi connectivity index (χ0) is 10.9. The van der Waals surface area contributed by atoms with Crippen molar-refractivity contribution in [3.63, 3.8) is 0 Å². The van der Waals surface area contributed by atoms with E-state index in [0.717, 1.165) is 18.7 Å². The number of pyridine rings is 1. The van der Waals surface area contributed by atoms with Crippen molar-refractivity contribution in [2.75, 3.05) is 6.54 Å². The normalized spacial score (nSPS) is 10.2. The van der Waals surface area contributed by atoms with Crippen LogP contribution in [0, 0.1) is 0 Å². The molecule has 1 heterocycles. The Balaban J connectivity index is 2.31. The van der Waals surface area contributed by atoms with Gasteiger partial charge in [-0.1, -0.05) is 13.0 Å². The maximum Gasteiger partial charge on any atom is 0.186 e. The summed E-state index contributed by atoms with van der Waals surface area (Å²) in [5.74, 6) is 0. The highest BCUT2D eigenvalue weighted by atomic mass is 32.1. The lowest BCUT2D eigenvalue weighted by atomic mass is 10.4. The van der Waals surface area contributed by atoms with Crippen LogP contribution in [0.25, 0.3) is 0 Å². The first-order valence-corrected chi connectivity index (χ1v) is 5.21. The van der Waals surface area contributed by atoms with E-state index in [9.17, 15) is 0 Å². The van der Waals surface area contributed by atoms with Gasteiger partial charge in [0, 0.05) is 12.7 Å². The molecule has 0 bridgehead atoms. The highest BCUT2D eigenvalue weighted by Crippen LogP contribution is 1.87. The summed E-state index contributed by atoms with van der Waals surface area (Å²) in [7, 11) is 0. The van der Waals surface area contributed by atoms with Gasteiger partial charge < -0.3 is 5.32 Å². The van der Waals surface area contributed by atoms with Crippen LogP contribution in [-0.2, 0) is 0 Å². The predicted octanol–water partition coefficient (Wildman–Crippen LogP) is 1.29. The minimum absolute atomic E-state index is 0.532. The van der Waals surface area contributed by atoms with E-state index in [1.807, 2.05) is 18.2 Å². The first-order chi connectivity index (χ1) is 7.33. The molecule has 0 saturated heterocycles. The van der Waals surface area contributed by atoms with Crippen LogP contribution >= 0.6 is 12.2 Å². The second-order valence-electron chi connectivity index (χ2n) is 2.88. The fourth-order valence-corrected chi connectivity index (χ4v) is 1.04. The lowest BCUT2D eigenvalue weighted by molar-refractivity contribution is 0.817. The van der Waals surface area contributed by atoms with E-state index in [1.165, 1.54) is 0 Å². The molecule has 0 spiro atoms. The Bertz CT molecular complexity index is 323. The molecule has 0 atom stereocenters. The molecular formula is C10H14N4S. The standard InChI is InChI=1S/C10H14N4S/c1-2-6-12-10(15)14-13-8-9-5-3-4-7-11-9/h3-5,7-8H,2,6H2,1H3,(H2,12,14,15). The van der Waals surface area contributed by atoms with Gasteiger partial charge in [-0.25, -0.2) is 0 Å². The molecule has 0 saturated carbocycles. The molecule has 0 aliphatic carbocycles. The van der Waals surface area contributed by atoms with E-state index in [2.05, 4.69) is 27.8 Å². The van der Waals surface area contributed by atoms with Crippen molar-refractivity contribution in [1.29, 1.82) is 0 Å². The van der Waals surface area contributed by atoms with Gasteiger partial charge in [-0.3, -0.25) is 10.4 Å². The zero-order valence-corrected chi connectivity index (χ0v) is 9.42. The van der Waals surface area contributed by atoms with Crippen LogP contribution in [-0.4, -0.2) is 22.9 Å². The van der Waals surface area contributed by atoms with Gasteiger partial charge in [0.05, 0.1) is 11.9 Å². The second-order valence-corrected chi connectivity index (χ2v) is 3.29. The van der Waals surface area contributed by atoms with E-state index in [0.29, 0.717) is 5.11 Å². The Morgan fingerprint density at radius 2 is 2.47 bits per heavy atom. The van der Waals surface area contributed by atoms with Gasteiger partial charge in [0.15, 0.2) is 5.11 Å². The van der Waals surface area contributed by atoms with E-state index in [1.54, 1.807) is 12.4 Å². The number of hydrogen-bond donors (Lipinski definition) is 2. The Labute approximate surface area is 94.8 Å². The van der Waals surface area contributed by atoms with Gasteiger partial charge in [-0.2, -0.15) is 5.10 Å². The van der Waals surface area contributed by atoms with Crippen molar-refractivity contribution in [3.05, 3.63) is 30.1 Å². The third-order valence-electron chi connectivity index (χ3n) is 1.59. The SMILES string of the molecule is CCCNC(=S)NN=Cc1ccccn1. The maximum atomic E-state index is 4.98. The highest BCUT2D eigenvalue weighted by Gasteiger charge is 1.89. The molecule has 0 unspecified atom stereocenters. The highest BCUT2D eigenvalue weighted by molar-refractivity contribution is 7.80. The molecule has 80 valence electrons. The first kappa shape index (κ1) is 11.6. The van der Waals surface area contributed by atoms with Crippen LogP contribution in [0.15, 0.2) is 29.5 Å². The lowest BCUT2D eigenvalue weighted by Crippen LogP contribution is -2.32. The molecule has 0 aliphatic heterocycles. The maximum absolute atomic E-state index is 4.98. The number of rotatable bonds is 4. The van der Waals surface area contributed by atoms with Gasteiger partial charge in [0.1, 0.15) is 0 Å². The summed E-state index contributed by atoms with van der Waals surface area (Å²) < 4.78 is 0. The molecule has 0 radical (unpaired) electrons. The summed E-state index contributed by atoms with van der Waals surface area (Å²) in [6.45, 7) is 2.93. The lowest BCUT2D eigenvalue weighted by Gasteiger charge is -2.03. The molecule has 1 rings (SSSR count). The second kappa shape index (κ2) is 6.89. The summed E-state index contributed by atoms with van der Waals surface area (Å²) in [4.78, 5) is 4.08. The molecule has 15 heavy (non-hydrogen) atoms. The molecule has 0 fully saturated rings. The van der Waals surface area contributed by atoms with Crippen LogP contribution < -0.4 is 10.7 Å². The van der Waals surface area contributed by atoms with Crippen molar-refractivity contribution in [2.45, 2.75) is 13.3 Å². The van der Waals surface area contributed by atoms with Crippen molar-refractivity contribution < 1.29 is 0 Å². The molecule has 0 aliphatic rings. The van der Waals surface area contributed by atoms with Crippen molar-refractivity contribution in [3.8, 4) is 0 Å². The number of thiocarbonyl (C=S) groups is 1. The van der Waals surface area contributed by atoms with E-state index < -0.39 is 0 Å². The van der Waals surface area contributed by atoms with Gasteiger partial charge in [-0.05, 0) is 30.8 Å². The van der Waals surface area contributed by atoms with Gasteiger partial charge in [0.2, 0.25) is 0 Å². The topological polar surface area (TPSA) is 49.3 Å². The molecule has 4 nitrogen and oxygen atoms in total. The molecule has 0 amide bonds. The largest absolute Gasteiger partial charge is 0.361 e. The van der Waals surface area contributed by atoms with Crippen LogP contribution in [0.1, 0.15) is 19.0 Å². The molecule has 2 N–H and O–H groups in total. The number of nitrogens with one attached hydrogen (secondary N) is 2. The molecular weight excluding hydrogens is 208 g/mol. The van der Waals surface area contributed by atoms with E-state index in [4.69, 9.17) is 12.2 Å². The molecule has 0 aromatic carbocycles. The van der Waals surface area contributed by atoms with E-state index in [-0.39, 0.29) is 0 Å². The molecule has 1 aromatic rings. The predicted molar refractivity (Wildman–Crippen MR) is 65.9 cm³/mol. The summed E-state index contributed by atoms with van der Waals surface area (Å²) in [6, 6.07) is 5.63. The fourth-order valence-electron chi connectivity index (χ4n) is 0.887. The monoisotopic (exact) mass is 222 g/mol. The number of nitrogens with zero attached hydrogens (tertiary/aromatic N) is 2. The smallest absolute Gasteiger partial charge is 0.186 e. The van der Waals surface area contributed by atoms with E-state index >= 15 is 0 Å². The Morgan fingerprint density at radius 3 is 3.13 bits per heavy atom. The quantitative estimate of drug-likeness (QED) is 0.458. The van der Waals surface area contributed by atoms with Crippen LogP contribution in [0.2, 0.25) is 0 Å². The Kier molecular flexibility index (Phi) is 5.32. The van der Waals surface area contributed by atoms with Crippen molar-refractivity contribution >= 4 is 23.5 Å². The van der Waals surface area contributed by atoms with Crippen LogP contribution in [0.3, 0.4) is 0 Å². The van der Waals surface area contributed by atoms with Crippen molar-refractivity contribution in [2.24, 2.45) is 5.10 Å². The van der Waals surface area contributed by atoms with Crippen LogP contribution in [0.4, 0.5) is 0 Å². The summed E-state index contributed by atoms with van der Waals surface area (Å²) in [5, 5.41) is 7.49. The third-order valence-corrected chi connectivity index (χ3v) is 1.82. The summed E-state index contributed by atoms with van der Waals surface area (Å²) in [6.07, 6.45) is 4.38. The molecule has 1 aromatic heterocycles. The van der Waals surface area contributed by atoms with Crippen molar-refractivity contribution in [1.82, 2.24) is 15.7 Å². The van der Waals surface area contributed by atoms with Gasteiger partial charge >= 0.3 is 0 Å². The first-order valence-electron chi connectivity index (χ1n) is 4.81. The van der Waals surface area contributed by atoms with Crippen LogP contribution in [0.5, 0.6) is 0 Å². The zero-order valence-electron chi connectivity index (χ0n) is 8.60. The Hall–Kier alpha value is -1.49. The average molecular weight is 222 g/mol. The molecule has 5 heteroatoms. The third kappa shape index (κ3) is 5.07. The minimum Gasteiger partial charge on any atom is -0.361 e. The number of hydrazone groups is 1. The number of hydrogen-bond acceptors (Lipinski definition) is 3. The Morgan fingerprint density at radius 1 is 1.60 bits per heavy atom. The van der Waals surface area contributed by atoms with Gasteiger partial charge in [0.25, 0.3) is 0 Å². The number of aromatic nitrogens is 1. The summed E-state index contributed by atoms with van der Waals surface area (Å²) >= 11 is 4.98. The van der Waals surface area contributed by atoms with Gasteiger partial charge in [-0.15, -0.1) is 0 Å².